The fraction of sp³-hybridized carbons (Fsp3) is 0.619. The van der Waals surface area contributed by atoms with Gasteiger partial charge in [0.25, 0.3) is 0 Å². The van der Waals surface area contributed by atoms with E-state index >= 15 is 0 Å². The monoisotopic (exact) mass is 408 g/mol. The lowest BCUT2D eigenvalue weighted by Gasteiger charge is -2.54. The lowest BCUT2D eigenvalue weighted by molar-refractivity contribution is -0.469. The smallest absolute Gasteiger partial charge is 0.228 e. The van der Waals surface area contributed by atoms with Crippen molar-refractivity contribution in [1.29, 1.82) is 0 Å². The Labute approximate surface area is 170 Å². The third-order valence-corrected chi connectivity index (χ3v) is 6.01. The first-order valence-corrected chi connectivity index (χ1v) is 9.66. The van der Waals surface area contributed by atoms with E-state index in [2.05, 4.69) is 0 Å². The van der Waals surface area contributed by atoms with Crippen LogP contribution in [0.3, 0.4) is 0 Å². The van der Waals surface area contributed by atoms with Gasteiger partial charge in [0.15, 0.2) is 0 Å². The summed E-state index contributed by atoms with van der Waals surface area (Å²) < 4.78 is 40.5. The van der Waals surface area contributed by atoms with Crippen LogP contribution in [0.1, 0.15) is 26.3 Å². The van der Waals surface area contributed by atoms with Crippen molar-refractivity contribution in [2.24, 2.45) is 0 Å². The highest BCUT2D eigenvalue weighted by Crippen LogP contribution is 2.42. The molecule has 3 heterocycles. The summed E-state index contributed by atoms with van der Waals surface area (Å²) in [5.41, 5.74) is 2.18. The molecule has 1 N–H and O–H groups in total. The number of hydrogen-bond donors (Lipinski definition) is 1. The summed E-state index contributed by atoms with van der Waals surface area (Å²) in [7, 11) is 3.02. The predicted octanol–water partition coefficient (Wildman–Crippen LogP) is 2.09. The van der Waals surface area contributed by atoms with Crippen LogP contribution in [-0.2, 0) is 23.7 Å². The number of rotatable bonds is 4. The van der Waals surface area contributed by atoms with Crippen molar-refractivity contribution >= 4 is 5.57 Å². The molecule has 0 aliphatic carbocycles. The summed E-state index contributed by atoms with van der Waals surface area (Å²) in [6.07, 6.45) is -1.23. The number of benzene rings is 1. The van der Waals surface area contributed by atoms with E-state index < -0.39 is 36.2 Å². The molecule has 8 heteroatoms. The first-order valence-electron chi connectivity index (χ1n) is 9.66. The summed E-state index contributed by atoms with van der Waals surface area (Å²) in [6.45, 7) is 6.17. The summed E-state index contributed by atoms with van der Waals surface area (Å²) in [5.74, 6) is -1.09. The first kappa shape index (κ1) is 20.6. The van der Waals surface area contributed by atoms with Gasteiger partial charge in [-0.1, -0.05) is 0 Å². The molecule has 160 valence electrons. The number of ether oxygens (including phenoxy) is 7. The Hall–Kier alpha value is -1.68. The Morgan fingerprint density at radius 3 is 2.55 bits per heavy atom. The van der Waals surface area contributed by atoms with E-state index in [1.165, 1.54) is 14.2 Å². The second-order valence-electron chi connectivity index (χ2n) is 7.70. The quantitative estimate of drug-likeness (QED) is 0.811. The molecule has 4 rings (SSSR count). The molecule has 29 heavy (non-hydrogen) atoms. The maximum atomic E-state index is 10.9. The van der Waals surface area contributed by atoms with Gasteiger partial charge in [-0.25, -0.2) is 0 Å². The second kappa shape index (κ2) is 7.54. The maximum absolute atomic E-state index is 10.9. The molecule has 0 aromatic heterocycles. The van der Waals surface area contributed by atoms with E-state index in [4.69, 9.17) is 33.2 Å². The molecule has 2 unspecified atom stereocenters. The van der Waals surface area contributed by atoms with Crippen molar-refractivity contribution in [3.05, 3.63) is 29.8 Å². The Kier molecular flexibility index (Phi) is 5.35. The molecule has 1 aromatic carbocycles. The molecular weight excluding hydrogens is 380 g/mol. The summed E-state index contributed by atoms with van der Waals surface area (Å²) >= 11 is 0. The average molecular weight is 408 g/mol. The van der Waals surface area contributed by atoms with Gasteiger partial charge in [-0.3, -0.25) is 0 Å². The van der Waals surface area contributed by atoms with Crippen LogP contribution in [0, 0.1) is 0 Å². The summed E-state index contributed by atoms with van der Waals surface area (Å²) in [6, 6.07) is 5.56. The minimum atomic E-state index is -1.21. The van der Waals surface area contributed by atoms with Gasteiger partial charge in [0.1, 0.15) is 36.4 Å². The third-order valence-electron chi connectivity index (χ3n) is 6.01. The van der Waals surface area contributed by atoms with Crippen molar-refractivity contribution in [1.82, 2.24) is 0 Å². The van der Waals surface area contributed by atoms with Crippen molar-refractivity contribution in [2.75, 3.05) is 27.4 Å². The highest BCUT2D eigenvalue weighted by molar-refractivity contribution is 5.71. The number of hydrogen-bond acceptors (Lipinski definition) is 8. The Bertz CT molecular complexity index is 795. The molecular formula is C21H28O8. The Morgan fingerprint density at radius 1 is 1.10 bits per heavy atom. The van der Waals surface area contributed by atoms with Gasteiger partial charge in [-0.15, -0.1) is 0 Å². The number of methoxy groups -OCH3 is 2. The fourth-order valence-corrected chi connectivity index (χ4v) is 3.86. The Morgan fingerprint density at radius 2 is 1.83 bits per heavy atom. The zero-order chi connectivity index (χ0) is 20.8. The lowest BCUT2D eigenvalue weighted by atomic mass is 9.98. The highest BCUT2D eigenvalue weighted by atomic mass is 16.8. The van der Waals surface area contributed by atoms with Crippen LogP contribution in [0.2, 0.25) is 0 Å². The van der Waals surface area contributed by atoms with E-state index in [9.17, 15) is 5.11 Å². The van der Waals surface area contributed by atoms with Crippen LogP contribution in [0.25, 0.3) is 5.57 Å². The number of aliphatic hydroxyl groups is 1. The summed E-state index contributed by atoms with van der Waals surface area (Å²) in [4.78, 5) is 0. The molecule has 0 saturated carbocycles. The van der Waals surface area contributed by atoms with Crippen molar-refractivity contribution in [3.8, 4) is 11.5 Å². The van der Waals surface area contributed by atoms with Crippen LogP contribution >= 0.6 is 0 Å². The van der Waals surface area contributed by atoms with Crippen LogP contribution in [0.4, 0.5) is 0 Å². The molecule has 0 bridgehead atoms. The highest BCUT2D eigenvalue weighted by Gasteiger charge is 2.60. The van der Waals surface area contributed by atoms with E-state index in [-0.39, 0.29) is 6.61 Å². The Balaban J connectivity index is 1.50. The number of aliphatic hydroxyl groups excluding tert-OH is 1. The minimum Gasteiger partial charge on any atom is -0.489 e. The van der Waals surface area contributed by atoms with Gasteiger partial charge in [0.05, 0.1) is 6.61 Å². The van der Waals surface area contributed by atoms with Crippen LogP contribution in [-0.4, -0.2) is 68.7 Å². The zero-order valence-corrected chi connectivity index (χ0v) is 17.3. The van der Waals surface area contributed by atoms with Gasteiger partial charge >= 0.3 is 0 Å². The predicted molar refractivity (Wildman–Crippen MR) is 103 cm³/mol. The normalized spacial score (nSPS) is 39.0. The maximum Gasteiger partial charge on any atom is 0.228 e. The molecule has 0 spiro atoms. The fourth-order valence-electron chi connectivity index (χ4n) is 3.86. The van der Waals surface area contributed by atoms with Gasteiger partial charge in [-0.05, 0) is 44.6 Å². The van der Waals surface area contributed by atoms with Gasteiger partial charge in [-0.2, -0.15) is 0 Å². The van der Waals surface area contributed by atoms with Crippen LogP contribution < -0.4 is 9.47 Å². The van der Waals surface area contributed by atoms with E-state index in [0.29, 0.717) is 12.4 Å². The van der Waals surface area contributed by atoms with Crippen LogP contribution in [0.5, 0.6) is 11.5 Å². The second-order valence-corrected chi connectivity index (χ2v) is 7.70. The number of allylic oxidation sites excluding steroid dienone is 1. The van der Waals surface area contributed by atoms with Crippen molar-refractivity contribution < 1.29 is 38.3 Å². The molecule has 2 fully saturated rings. The van der Waals surface area contributed by atoms with Crippen LogP contribution in [0.15, 0.2) is 24.3 Å². The molecule has 8 nitrogen and oxygen atoms in total. The zero-order valence-electron chi connectivity index (χ0n) is 17.3. The van der Waals surface area contributed by atoms with Gasteiger partial charge in [0.2, 0.25) is 17.9 Å². The molecule has 0 amide bonds. The standard InChI is InChI=1S/C21H28O8/c1-12-8-9-25-15-10-13(6-7-14(12)15)27-19-17(22)18-16(11-26-19)28-20(2,23-4)21(3,24-5)29-18/h6-8,10,16-19,22H,9,11H2,1-5H3/t16-,17-,18+,19+,20?,21?/m1/s1. The summed E-state index contributed by atoms with van der Waals surface area (Å²) in [5, 5.41) is 10.9. The lowest BCUT2D eigenvalue weighted by Crippen LogP contribution is -2.71. The van der Waals surface area contributed by atoms with E-state index in [1.807, 2.05) is 25.1 Å². The van der Waals surface area contributed by atoms with E-state index in [1.54, 1.807) is 19.9 Å². The average Bonchev–Trinajstić information content (AvgIpc) is 2.72. The SMILES string of the molecule is COC1(C)O[C@@H]2[C@@H](O)[C@H](Oc3ccc4c(c3)OCC=C4C)OC[C@H]2OC1(C)OC. The molecule has 0 radical (unpaired) electrons. The largest absolute Gasteiger partial charge is 0.489 e. The number of fused-ring (bicyclic) bond motifs is 2. The molecule has 3 aliphatic rings. The van der Waals surface area contributed by atoms with E-state index in [0.717, 1.165) is 16.9 Å². The molecule has 1 aromatic rings. The molecule has 3 aliphatic heterocycles. The topological polar surface area (TPSA) is 84.8 Å². The third kappa shape index (κ3) is 3.43. The molecule has 6 atom stereocenters. The molecule has 2 saturated heterocycles. The van der Waals surface area contributed by atoms with Gasteiger partial charge < -0.3 is 38.3 Å². The minimum absolute atomic E-state index is 0.175. The van der Waals surface area contributed by atoms with Crippen molar-refractivity contribution in [3.63, 3.8) is 0 Å². The first-order chi connectivity index (χ1) is 13.8. The van der Waals surface area contributed by atoms with Gasteiger partial charge in [0, 0.05) is 25.8 Å². The van der Waals surface area contributed by atoms with Crippen molar-refractivity contribution in [2.45, 2.75) is 56.9 Å².